The molecule has 0 radical (unpaired) electrons. The highest BCUT2D eigenvalue weighted by Crippen LogP contribution is 2.39. The van der Waals surface area contributed by atoms with Crippen LogP contribution >= 0.6 is 34.5 Å². The maximum absolute atomic E-state index is 10.4. The Bertz CT molecular complexity index is 412. The Labute approximate surface area is 116 Å². The number of hydrogen-bond acceptors (Lipinski definition) is 2. The number of hydrogen-bond donors (Lipinski definition) is 1. The molecular weight excluding hydrogens is 275 g/mol. The van der Waals surface area contributed by atoms with Gasteiger partial charge in [0, 0.05) is 5.56 Å². The monoisotopic (exact) mass is 290 g/mol. The largest absolute Gasteiger partial charge is 0.384 e. The second-order valence-corrected chi connectivity index (χ2v) is 6.70. The van der Waals surface area contributed by atoms with Crippen LogP contribution in [-0.4, -0.2) is 5.11 Å². The summed E-state index contributed by atoms with van der Waals surface area (Å²) >= 11 is 13.3. The first-order chi connectivity index (χ1) is 8.18. The van der Waals surface area contributed by atoms with Gasteiger partial charge in [0.05, 0.1) is 4.34 Å². The van der Waals surface area contributed by atoms with Gasteiger partial charge in [-0.3, -0.25) is 0 Å². The highest BCUT2D eigenvalue weighted by molar-refractivity contribution is 7.20. The summed E-state index contributed by atoms with van der Waals surface area (Å²) in [5.74, 6) is 0. The van der Waals surface area contributed by atoms with Crippen molar-refractivity contribution in [3.05, 3.63) is 32.0 Å². The lowest BCUT2D eigenvalue weighted by Crippen LogP contribution is -2.03. The highest BCUT2D eigenvalue weighted by atomic mass is 35.5. The third-order valence-electron chi connectivity index (χ3n) is 3.15. The Morgan fingerprint density at radius 2 is 1.94 bits per heavy atom. The molecule has 1 nitrogen and oxygen atoms in total. The van der Waals surface area contributed by atoms with Gasteiger partial charge in [0.25, 0.3) is 0 Å². The minimum atomic E-state index is -0.579. The Kier molecular flexibility index (Phi) is 4.92. The van der Waals surface area contributed by atoms with Crippen LogP contribution in [0.4, 0.5) is 0 Å². The third-order valence-corrected chi connectivity index (χ3v) is 4.67. The zero-order valence-corrected chi connectivity index (χ0v) is 11.9. The molecule has 1 aliphatic carbocycles. The van der Waals surface area contributed by atoms with Gasteiger partial charge in [-0.1, -0.05) is 42.1 Å². The average Bonchev–Trinajstić information content (AvgIpc) is 2.56. The van der Waals surface area contributed by atoms with E-state index in [-0.39, 0.29) is 0 Å². The number of rotatable bonds is 2. The Morgan fingerprint density at radius 1 is 1.18 bits per heavy atom. The van der Waals surface area contributed by atoms with Crippen molar-refractivity contribution >= 4 is 34.5 Å². The molecule has 0 aromatic carbocycles. The molecule has 1 heterocycles. The first-order valence-corrected chi connectivity index (χ1v) is 7.57. The topological polar surface area (TPSA) is 20.2 Å². The first kappa shape index (κ1) is 13.4. The molecule has 1 atom stereocenters. The molecule has 0 saturated heterocycles. The van der Waals surface area contributed by atoms with Crippen molar-refractivity contribution in [3.8, 4) is 0 Å². The fraction of sp³-hybridized carbons (Fsp3) is 0.538. The molecule has 1 unspecified atom stereocenters. The van der Waals surface area contributed by atoms with Crippen LogP contribution in [0.1, 0.15) is 50.2 Å². The van der Waals surface area contributed by atoms with Crippen molar-refractivity contribution < 1.29 is 5.11 Å². The minimum Gasteiger partial charge on any atom is -0.384 e. The molecule has 0 bridgehead atoms. The predicted octanol–water partition coefficient (Wildman–Crippen LogP) is 5.37. The summed E-state index contributed by atoms with van der Waals surface area (Å²) < 4.78 is 1.24. The molecule has 94 valence electrons. The Morgan fingerprint density at radius 3 is 2.65 bits per heavy atom. The molecule has 0 amide bonds. The van der Waals surface area contributed by atoms with Crippen LogP contribution < -0.4 is 0 Å². The van der Waals surface area contributed by atoms with Crippen LogP contribution in [0, 0.1) is 0 Å². The number of halogens is 2. The van der Waals surface area contributed by atoms with Gasteiger partial charge in [0.1, 0.15) is 10.4 Å². The molecule has 0 fully saturated rings. The van der Waals surface area contributed by atoms with E-state index in [9.17, 15) is 5.11 Å². The fourth-order valence-electron chi connectivity index (χ4n) is 2.20. The molecule has 0 aliphatic heterocycles. The van der Waals surface area contributed by atoms with Crippen LogP contribution in [0.3, 0.4) is 0 Å². The lowest BCUT2D eigenvalue weighted by molar-refractivity contribution is 0.210. The van der Waals surface area contributed by atoms with Crippen LogP contribution in [0.15, 0.2) is 17.7 Å². The van der Waals surface area contributed by atoms with E-state index in [0.717, 1.165) is 30.4 Å². The van der Waals surface area contributed by atoms with Crippen LogP contribution in [-0.2, 0) is 0 Å². The highest BCUT2D eigenvalue weighted by Gasteiger charge is 2.19. The van der Waals surface area contributed by atoms with Crippen molar-refractivity contribution in [3.63, 3.8) is 0 Å². The number of allylic oxidation sites excluding steroid dienone is 1. The summed E-state index contributed by atoms with van der Waals surface area (Å²) in [5, 5.41) is 10.4. The molecule has 0 saturated carbocycles. The van der Waals surface area contributed by atoms with Gasteiger partial charge in [0.15, 0.2) is 0 Å². The first-order valence-electron chi connectivity index (χ1n) is 6.00. The van der Waals surface area contributed by atoms with E-state index in [1.807, 2.05) is 0 Å². The van der Waals surface area contributed by atoms with Crippen molar-refractivity contribution in [1.29, 1.82) is 0 Å². The van der Waals surface area contributed by atoms with Gasteiger partial charge in [-0.25, -0.2) is 0 Å². The predicted molar refractivity (Wildman–Crippen MR) is 75.1 cm³/mol. The summed E-state index contributed by atoms with van der Waals surface area (Å²) in [6.07, 6.45) is 8.53. The molecule has 1 aromatic rings. The minimum absolute atomic E-state index is 0.579. The van der Waals surface area contributed by atoms with Crippen LogP contribution in [0.2, 0.25) is 8.67 Å². The lowest BCUT2D eigenvalue weighted by atomic mass is 9.94. The summed E-state index contributed by atoms with van der Waals surface area (Å²) in [4.78, 5) is 0. The molecule has 4 heteroatoms. The van der Waals surface area contributed by atoms with Crippen LogP contribution in [0.5, 0.6) is 0 Å². The van der Waals surface area contributed by atoms with Gasteiger partial charge in [-0.05, 0) is 37.3 Å². The summed E-state index contributed by atoms with van der Waals surface area (Å²) in [5.41, 5.74) is 1.86. The molecule has 1 aliphatic rings. The van der Waals surface area contributed by atoms with Gasteiger partial charge in [0.2, 0.25) is 0 Å². The average molecular weight is 291 g/mol. The van der Waals surface area contributed by atoms with Gasteiger partial charge >= 0.3 is 0 Å². The number of aliphatic hydroxyl groups excluding tert-OH is 1. The normalized spacial score (nSPS) is 22.4. The van der Waals surface area contributed by atoms with Gasteiger partial charge < -0.3 is 5.11 Å². The quantitative estimate of drug-likeness (QED) is 0.726. The van der Waals surface area contributed by atoms with Crippen molar-refractivity contribution in [2.45, 2.75) is 44.6 Å². The van der Waals surface area contributed by atoms with Crippen molar-refractivity contribution in [2.24, 2.45) is 0 Å². The van der Waals surface area contributed by atoms with E-state index < -0.39 is 6.10 Å². The number of thiophene rings is 1. The second kappa shape index (κ2) is 6.24. The van der Waals surface area contributed by atoms with Crippen molar-refractivity contribution in [1.82, 2.24) is 0 Å². The zero-order valence-electron chi connectivity index (χ0n) is 9.59. The molecular formula is C13H16Cl2OS. The van der Waals surface area contributed by atoms with Crippen molar-refractivity contribution in [2.75, 3.05) is 0 Å². The standard InChI is InChI=1S/C13H16Cl2OS/c14-11-8-10(13(15)17-11)12(16)9-6-4-2-1-3-5-7-9/h6,8,12,16H,1-5,7H2/b9-6+. The van der Waals surface area contributed by atoms with E-state index in [1.54, 1.807) is 6.07 Å². The smallest absolute Gasteiger partial charge is 0.102 e. The van der Waals surface area contributed by atoms with Gasteiger partial charge in [-0.2, -0.15) is 0 Å². The molecule has 2 rings (SSSR count). The maximum Gasteiger partial charge on any atom is 0.102 e. The van der Waals surface area contributed by atoms with Crippen LogP contribution in [0.25, 0.3) is 0 Å². The summed E-state index contributed by atoms with van der Waals surface area (Å²) in [6, 6.07) is 1.78. The lowest BCUT2D eigenvalue weighted by Gasteiger charge is -2.17. The number of aliphatic hydroxyl groups is 1. The summed E-state index contributed by atoms with van der Waals surface area (Å²) in [7, 11) is 0. The van der Waals surface area contributed by atoms with E-state index in [0.29, 0.717) is 8.67 Å². The summed E-state index contributed by atoms with van der Waals surface area (Å²) in [6.45, 7) is 0. The van der Waals surface area contributed by atoms with E-state index in [2.05, 4.69) is 6.08 Å². The van der Waals surface area contributed by atoms with E-state index in [4.69, 9.17) is 23.2 Å². The molecule has 1 aromatic heterocycles. The third kappa shape index (κ3) is 3.47. The fourth-order valence-corrected chi connectivity index (χ4v) is 3.72. The van der Waals surface area contributed by atoms with E-state index in [1.165, 1.54) is 30.6 Å². The Balaban J connectivity index is 2.17. The maximum atomic E-state index is 10.4. The Hall–Kier alpha value is -0.0200. The van der Waals surface area contributed by atoms with Gasteiger partial charge in [-0.15, -0.1) is 11.3 Å². The van der Waals surface area contributed by atoms with E-state index >= 15 is 0 Å². The molecule has 1 N–H and O–H groups in total. The molecule has 17 heavy (non-hydrogen) atoms. The molecule has 0 spiro atoms. The SMILES string of the molecule is OC(/C1=C/CCCCCC1)c1cc(Cl)sc1Cl. The second-order valence-electron chi connectivity index (χ2n) is 4.41. The zero-order chi connectivity index (χ0) is 12.3.